The molecule has 8 heteroatoms. The number of nitro groups is 1. The van der Waals surface area contributed by atoms with Crippen molar-refractivity contribution in [3.05, 3.63) is 93.9 Å². The Morgan fingerprint density at radius 3 is 2.41 bits per heavy atom. The molecule has 0 saturated carbocycles. The molecule has 0 heterocycles. The molecule has 2 rings (SSSR count). The first-order valence-electron chi connectivity index (χ1n) is 7.83. The minimum absolute atomic E-state index is 0.108. The first-order valence-corrected chi connectivity index (χ1v) is 7.83. The molecule has 0 spiro atoms. The molecule has 0 radical (unpaired) electrons. The average molecular weight is 369 g/mol. The molecule has 27 heavy (non-hydrogen) atoms. The zero-order chi connectivity index (χ0) is 19.8. The van der Waals surface area contributed by atoms with Gasteiger partial charge in [-0.2, -0.15) is 0 Å². The van der Waals surface area contributed by atoms with E-state index in [1.807, 2.05) is 0 Å². The average Bonchev–Trinajstić information content (AvgIpc) is 2.67. The summed E-state index contributed by atoms with van der Waals surface area (Å²) in [6.07, 6.45) is 2.66. The molecule has 0 unspecified atom stereocenters. The van der Waals surface area contributed by atoms with Gasteiger partial charge in [0.25, 0.3) is 17.5 Å². The van der Waals surface area contributed by atoms with Crippen LogP contribution in [0, 0.1) is 15.9 Å². The lowest BCUT2D eigenvalue weighted by Gasteiger charge is -2.10. The Balaban J connectivity index is 2.29. The van der Waals surface area contributed by atoms with E-state index in [0.29, 0.717) is 0 Å². The number of hydrogen-bond acceptors (Lipinski definition) is 4. The van der Waals surface area contributed by atoms with Gasteiger partial charge < -0.3 is 10.6 Å². The molecule has 2 N–H and O–H groups in total. The number of nitrogens with one attached hydrogen (secondary N) is 2. The minimum Gasteiger partial charge on any atom is -0.347 e. The number of halogens is 1. The lowest BCUT2D eigenvalue weighted by atomic mass is 10.1. The number of rotatable bonds is 7. The van der Waals surface area contributed by atoms with Crippen LogP contribution in [0.3, 0.4) is 0 Å². The van der Waals surface area contributed by atoms with Crippen molar-refractivity contribution < 1.29 is 18.9 Å². The summed E-state index contributed by atoms with van der Waals surface area (Å²) in [4.78, 5) is 34.7. The van der Waals surface area contributed by atoms with E-state index in [9.17, 15) is 24.1 Å². The highest BCUT2D eigenvalue weighted by atomic mass is 19.1. The summed E-state index contributed by atoms with van der Waals surface area (Å²) in [5.41, 5.74) is -0.121. The second kappa shape index (κ2) is 9.04. The van der Waals surface area contributed by atoms with Crippen molar-refractivity contribution in [1.29, 1.82) is 0 Å². The van der Waals surface area contributed by atoms with Gasteiger partial charge in [0.2, 0.25) is 0 Å². The highest BCUT2D eigenvalue weighted by Crippen LogP contribution is 2.14. The van der Waals surface area contributed by atoms with Crippen molar-refractivity contribution in [2.75, 3.05) is 6.54 Å². The van der Waals surface area contributed by atoms with Crippen LogP contribution >= 0.6 is 0 Å². The molecule has 0 fully saturated rings. The number of hydrogen-bond donors (Lipinski definition) is 2. The molecule has 0 aromatic heterocycles. The van der Waals surface area contributed by atoms with Gasteiger partial charge in [-0.05, 0) is 24.3 Å². The summed E-state index contributed by atoms with van der Waals surface area (Å²) in [6, 6.07) is 10.6. The van der Waals surface area contributed by atoms with E-state index in [1.165, 1.54) is 54.6 Å². The molecule has 2 amide bonds. The van der Waals surface area contributed by atoms with Crippen molar-refractivity contribution >= 4 is 23.6 Å². The third-order valence-corrected chi connectivity index (χ3v) is 3.45. The Morgan fingerprint density at radius 1 is 1.15 bits per heavy atom. The zero-order valence-electron chi connectivity index (χ0n) is 14.1. The zero-order valence-corrected chi connectivity index (χ0v) is 14.1. The maximum absolute atomic E-state index is 13.9. The Hall–Kier alpha value is -3.81. The molecule has 0 atom stereocenters. The van der Waals surface area contributed by atoms with Crippen molar-refractivity contribution in [2.24, 2.45) is 0 Å². The molecule has 0 bridgehead atoms. The van der Waals surface area contributed by atoms with Crippen molar-refractivity contribution in [2.45, 2.75) is 0 Å². The maximum Gasteiger partial charge on any atom is 0.269 e. The number of amides is 2. The van der Waals surface area contributed by atoms with E-state index < -0.39 is 22.6 Å². The predicted octanol–water partition coefficient (Wildman–Crippen LogP) is 2.81. The van der Waals surface area contributed by atoms with Crippen LogP contribution in [-0.4, -0.2) is 23.3 Å². The quantitative estimate of drug-likeness (QED) is 0.339. The van der Waals surface area contributed by atoms with Crippen LogP contribution in [0.1, 0.15) is 15.9 Å². The monoisotopic (exact) mass is 369 g/mol. The van der Waals surface area contributed by atoms with Gasteiger partial charge >= 0.3 is 0 Å². The molecule has 0 aliphatic heterocycles. The Morgan fingerprint density at radius 2 is 1.81 bits per heavy atom. The van der Waals surface area contributed by atoms with E-state index in [2.05, 4.69) is 17.2 Å². The molecule has 0 aliphatic carbocycles. The molecule has 7 nitrogen and oxygen atoms in total. The SMILES string of the molecule is C=CCNC(=O)/C(=C/c1ccccc1F)NC(=O)c1ccc([N+](=O)[O-])cc1. The fourth-order valence-corrected chi connectivity index (χ4v) is 2.10. The Bertz CT molecular complexity index is 907. The van der Waals surface area contributed by atoms with Crippen molar-refractivity contribution in [1.82, 2.24) is 10.6 Å². The third kappa shape index (κ3) is 5.33. The first kappa shape index (κ1) is 19.5. The summed E-state index contributed by atoms with van der Waals surface area (Å²) in [6.45, 7) is 3.64. The van der Waals surface area contributed by atoms with Crippen molar-refractivity contribution in [3.63, 3.8) is 0 Å². The summed E-state index contributed by atoms with van der Waals surface area (Å²) < 4.78 is 13.9. The van der Waals surface area contributed by atoms with Gasteiger partial charge in [-0.25, -0.2) is 4.39 Å². The van der Waals surface area contributed by atoms with Crippen LogP contribution in [0.2, 0.25) is 0 Å². The number of carbonyl (C=O) groups is 2. The van der Waals surface area contributed by atoms with Gasteiger partial charge in [-0.1, -0.05) is 24.3 Å². The lowest BCUT2D eigenvalue weighted by molar-refractivity contribution is -0.384. The van der Waals surface area contributed by atoms with E-state index in [1.54, 1.807) is 6.07 Å². The molecule has 0 saturated heterocycles. The minimum atomic E-state index is -0.666. The summed E-state index contributed by atoms with van der Waals surface area (Å²) in [5.74, 6) is -1.86. The number of benzene rings is 2. The van der Waals surface area contributed by atoms with Gasteiger partial charge in [0, 0.05) is 29.8 Å². The molecule has 2 aromatic carbocycles. The standard InChI is InChI=1S/C19H16FN3O4/c1-2-11-21-19(25)17(12-14-5-3-4-6-16(14)20)22-18(24)13-7-9-15(10-8-13)23(26)27/h2-10,12H,1,11H2,(H,21,25)(H,22,24)/b17-12-. The Kier molecular flexibility index (Phi) is 6.54. The van der Waals surface area contributed by atoms with E-state index >= 15 is 0 Å². The van der Waals surface area contributed by atoms with Crippen LogP contribution in [0.4, 0.5) is 10.1 Å². The lowest BCUT2D eigenvalue weighted by Crippen LogP contribution is -2.35. The molecular weight excluding hydrogens is 353 g/mol. The van der Waals surface area contributed by atoms with Gasteiger partial charge in [0.1, 0.15) is 11.5 Å². The highest BCUT2D eigenvalue weighted by Gasteiger charge is 2.16. The summed E-state index contributed by atoms with van der Waals surface area (Å²) in [5, 5.41) is 15.6. The first-order chi connectivity index (χ1) is 12.9. The molecule has 138 valence electrons. The predicted molar refractivity (Wildman–Crippen MR) is 98.1 cm³/mol. The fourth-order valence-electron chi connectivity index (χ4n) is 2.10. The smallest absolute Gasteiger partial charge is 0.269 e. The van der Waals surface area contributed by atoms with Gasteiger partial charge in [-0.3, -0.25) is 19.7 Å². The second-order valence-electron chi connectivity index (χ2n) is 5.34. The number of nitro benzene ring substituents is 1. The second-order valence-corrected chi connectivity index (χ2v) is 5.34. The number of non-ortho nitro benzene ring substituents is 1. The Labute approximate surface area is 154 Å². The maximum atomic E-state index is 13.9. The molecule has 0 aliphatic rings. The third-order valence-electron chi connectivity index (χ3n) is 3.45. The van der Waals surface area contributed by atoms with Crippen molar-refractivity contribution in [3.8, 4) is 0 Å². The van der Waals surface area contributed by atoms with Crippen LogP contribution in [0.25, 0.3) is 6.08 Å². The molecule has 2 aromatic rings. The van der Waals surface area contributed by atoms with Crippen LogP contribution in [-0.2, 0) is 4.79 Å². The van der Waals surface area contributed by atoms with Crippen LogP contribution in [0.15, 0.2) is 66.9 Å². The number of nitrogens with zero attached hydrogens (tertiary/aromatic N) is 1. The fraction of sp³-hybridized carbons (Fsp3) is 0.0526. The van der Waals surface area contributed by atoms with E-state index in [0.717, 1.165) is 0 Å². The van der Waals surface area contributed by atoms with Crippen LogP contribution < -0.4 is 10.6 Å². The normalized spacial score (nSPS) is 10.8. The highest BCUT2D eigenvalue weighted by molar-refractivity contribution is 6.05. The summed E-state index contributed by atoms with van der Waals surface area (Å²) in [7, 11) is 0. The number of carbonyl (C=O) groups excluding carboxylic acids is 2. The van der Waals surface area contributed by atoms with E-state index in [-0.39, 0.29) is 29.1 Å². The topological polar surface area (TPSA) is 101 Å². The van der Waals surface area contributed by atoms with Gasteiger partial charge in [0.05, 0.1) is 4.92 Å². The van der Waals surface area contributed by atoms with Gasteiger partial charge in [-0.15, -0.1) is 6.58 Å². The van der Waals surface area contributed by atoms with E-state index in [4.69, 9.17) is 0 Å². The van der Waals surface area contributed by atoms with Crippen LogP contribution in [0.5, 0.6) is 0 Å². The largest absolute Gasteiger partial charge is 0.347 e. The summed E-state index contributed by atoms with van der Waals surface area (Å²) >= 11 is 0. The van der Waals surface area contributed by atoms with Gasteiger partial charge in [0.15, 0.2) is 0 Å². The molecular formula is C19H16FN3O4.